The Balaban J connectivity index is 1.31. The summed E-state index contributed by atoms with van der Waals surface area (Å²) >= 11 is 0. The summed E-state index contributed by atoms with van der Waals surface area (Å²) in [6.07, 6.45) is 3.39. The Bertz CT molecular complexity index is 683. The smallest absolute Gasteiger partial charge is 0.258 e. The quantitative estimate of drug-likeness (QED) is 0.711. The Kier molecular flexibility index (Phi) is 7.86. The molecule has 0 aromatic heterocycles. The number of carbonyl (C=O) groups excluding carboxylic acids is 3. The molecule has 8 nitrogen and oxygen atoms in total. The zero-order valence-corrected chi connectivity index (χ0v) is 16.8. The molecule has 2 fully saturated rings. The third-order valence-corrected chi connectivity index (χ3v) is 5.34. The molecule has 2 aliphatic heterocycles. The zero-order valence-electron chi connectivity index (χ0n) is 16.8. The van der Waals surface area contributed by atoms with E-state index in [1.807, 2.05) is 23.1 Å². The maximum atomic E-state index is 12.4. The fraction of sp³-hybridized carbons (Fsp3) is 0.571. The van der Waals surface area contributed by atoms with Crippen LogP contribution < -0.4 is 10.1 Å². The predicted octanol–water partition coefficient (Wildman–Crippen LogP) is 0.338. The fourth-order valence-electron chi connectivity index (χ4n) is 3.59. The number of amides is 3. The maximum absolute atomic E-state index is 12.4. The maximum Gasteiger partial charge on any atom is 0.258 e. The molecule has 1 aromatic carbocycles. The minimum absolute atomic E-state index is 0.0380. The largest absolute Gasteiger partial charge is 0.484 e. The highest BCUT2D eigenvalue weighted by Gasteiger charge is 2.24. The number of hydrogen-bond acceptors (Lipinski definition) is 5. The number of para-hydroxylation sites is 1. The van der Waals surface area contributed by atoms with E-state index in [-0.39, 0.29) is 30.9 Å². The van der Waals surface area contributed by atoms with E-state index in [1.54, 1.807) is 17.0 Å². The van der Waals surface area contributed by atoms with Gasteiger partial charge in [0.1, 0.15) is 5.75 Å². The van der Waals surface area contributed by atoms with Crippen molar-refractivity contribution in [3.8, 4) is 5.75 Å². The highest BCUT2D eigenvalue weighted by Crippen LogP contribution is 2.10. The Morgan fingerprint density at radius 1 is 0.828 bits per heavy atom. The molecular weight excluding hydrogens is 372 g/mol. The molecule has 0 unspecified atom stereocenters. The Hall–Kier alpha value is -2.61. The normalized spacial score (nSPS) is 17.7. The summed E-state index contributed by atoms with van der Waals surface area (Å²) in [4.78, 5) is 42.4. The summed E-state index contributed by atoms with van der Waals surface area (Å²) in [5.41, 5.74) is 0. The lowest BCUT2D eigenvalue weighted by Gasteiger charge is -2.36. The topological polar surface area (TPSA) is 82.2 Å². The van der Waals surface area contributed by atoms with E-state index in [9.17, 15) is 14.4 Å². The van der Waals surface area contributed by atoms with E-state index in [0.29, 0.717) is 38.5 Å². The van der Waals surface area contributed by atoms with Crippen LogP contribution in [0.1, 0.15) is 19.3 Å². The first-order valence-corrected chi connectivity index (χ1v) is 10.3. The molecular formula is C21H30N4O4. The van der Waals surface area contributed by atoms with Crippen LogP contribution in [0.25, 0.3) is 0 Å². The second-order valence-corrected chi connectivity index (χ2v) is 7.48. The number of piperidine rings is 1. The third-order valence-electron chi connectivity index (χ3n) is 5.34. The average molecular weight is 402 g/mol. The molecule has 29 heavy (non-hydrogen) atoms. The minimum Gasteiger partial charge on any atom is -0.484 e. The van der Waals surface area contributed by atoms with Gasteiger partial charge in [0.25, 0.3) is 5.91 Å². The van der Waals surface area contributed by atoms with Gasteiger partial charge in [0.2, 0.25) is 11.8 Å². The number of hydrogen-bond donors (Lipinski definition) is 1. The van der Waals surface area contributed by atoms with Gasteiger partial charge < -0.3 is 19.9 Å². The number of nitrogens with zero attached hydrogens (tertiary/aromatic N) is 3. The molecule has 2 heterocycles. The average Bonchev–Trinajstić information content (AvgIpc) is 2.78. The number of nitrogens with one attached hydrogen (secondary N) is 1. The van der Waals surface area contributed by atoms with E-state index in [1.165, 1.54) is 6.42 Å². The predicted molar refractivity (Wildman–Crippen MR) is 108 cm³/mol. The molecule has 2 saturated heterocycles. The molecule has 3 amide bonds. The van der Waals surface area contributed by atoms with E-state index < -0.39 is 0 Å². The summed E-state index contributed by atoms with van der Waals surface area (Å²) in [6, 6.07) is 9.07. The third kappa shape index (κ3) is 6.74. The van der Waals surface area contributed by atoms with Gasteiger partial charge in [0, 0.05) is 39.3 Å². The van der Waals surface area contributed by atoms with Gasteiger partial charge in [-0.2, -0.15) is 0 Å². The standard InChI is InChI=1S/C21H30N4O4/c26-19(17-29-18-7-3-1-4-8-18)22-15-20(27)25-13-11-23(12-14-25)16-21(28)24-9-5-2-6-10-24/h1,3-4,7-8H,2,5-6,9-17H2,(H,22,26). The number of piperazine rings is 1. The molecule has 158 valence electrons. The van der Waals surface area contributed by atoms with Gasteiger partial charge in [0.05, 0.1) is 13.1 Å². The van der Waals surface area contributed by atoms with Gasteiger partial charge in [-0.05, 0) is 31.4 Å². The van der Waals surface area contributed by atoms with Gasteiger partial charge >= 0.3 is 0 Å². The van der Waals surface area contributed by atoms with E-state index in [4.69, 9.17) is 4.74 Å². The van der Waals surface area contributed by atoms with E-state index >= 15 is 0 Å². The zero-order chi connectivity index (χ0) is 20.5. The molecule has 0 aliphatic carbocycles. The molecule has 8 heteroatoms. The molecule has 0 bridgehead atoms. The van der Waals surface area contributed by atoms with Crippen LogP contribution in [-0.2, 0) is 14.4 Å². The second kappa shape index (κ2) is 10.8. The van der Waals surface area contributed by atoms with Crippen molar-refractivity contribution in [3.63, 3.8) is 0 Å². The van der Waals surface area contributed by atoms with Crippen LogP contribution in [0.5, 0.6) is 5.75 Å². The van der Waals surface area contributed by atoms with Crippen molar-refractivity contribution in [3.05, 3.63) is 30.3 Å². The highest BCUT2D eigenvalue weighted by molar-refractivity contribution is 5.85. The number of rotatable bonds is 7. The molecule has 1 aromatic rings. The molecule has 0 atom stereocenters. The molecule has 1 N–H and O–H groups in total. The highest BCUT2D eigenvalue weighted by atomic mass is 16.5. The molecule has 2 aliphatic rings. The van der Waals surface area contributed by atoms with Gasteiger partial charge in [-0.3, -0.25) is 19.3 Å². The first-order chi connectivity index (χ1) is 14.1. The van der Waals surface area contributed by atoms with Crippen molar-refractivity contribution < 1.29 is 19.1 Å². The first kappa shape index (κ1) is 21.1. The van der Waals surface area contributed by atoms with Crippen LogP contribution in [0.4, 0.5) is 0 Å². The van der Waals surface area contributed by atoms with Gasteiger partial charge in [-0.15, -0.1) is 0 Å². The van der Waals surface area contributed by atoms with Crippen LogP contribution in [0, 0.1) is 0 Å². The van der Waals surface area contributed by atoms with Crippen molar-refractivity contribution in [1.82, 2.24) is 20.0 Å². The lowest BCUT2D eigenvalue weighted by Crippen LogP contribution is -2.53. The minimum atomic E-state index is -0.326. The molecule has 0 saturated carbocycles. The van der Waals surface area contributed by atoms with Crippen LogP contribution in [0.15, 0.2) is 30.3 Å². The lowest BCUT2D eigenvalue weighted by atomic mass is 10.1. The van der Waals surface area contributed by atoms with Gasteiger partial charge in [0.15, 0.2) is 6.61 Å². The van der Waals surface area contributed by atoms with Crippen molar-refractivity contribution in [1.29, 1.82) is 0 Å². The van der Waals surface area contributed by atoms with Crippen molar-refractivity contribution >= 4 is 17.7 Å². The summed E-state index contributed by atoms with van der Waals surface area (Å²) in [6.45, 7) is 4.50. The number of benzene rings is 1. The second-order valence-electron chi connectivity index (χ2n) is 7.48. The fourth-order valence-corrected chi connectivity index (χ4v) is 3.59. The lowest BCUT2D eigenvalue weighted by molar-refractivity contribution is -0.136. The summed E-state index contributed by atoms with van der Waals surface area (Å²) in [5, 5.41) is 2.61. The molecule has 3 rings (SSSR count). The summed E-state index contributed by atoms with van der Waals surface area (Å²) < 4.78 is 5.37. The van der Waals surface area contributed by atoms with Crippen molar-refractivity contribution in [2.24, 2.45) is 0 Å². The SMILES string of the molecule is O=C(COc1ccccc1)NCC(=O)N1CCN(CC(=O)N2CCCCC2)CC1. The summed E-state index contributed by atoms with van der Waals surface area (Å²) in [5.74, 6) is 0.368. The Labute approximate surface area is 171 Å². The van der Waals surface area contributed by atoms with E-state index in [0.717, 1.165) is 25.9 Å². The van der Waals surface area contributed by atoms with Gasteiger partial charge in [-0.25, -0.2) is 0 Å². The molecule has 0 spiro atoms. The number of ether oxygens (including phenoxy) is 1. The molecule has 0 radical (unpaired) electrons. The number of carbonyl (C=O) groups is 3. The monoisotopic (exact) mass is 402 g/mol. The number of likely N-dealkylation sites (tertiary alicyclic amines) is 1. The Morgan fingerprint density at radius 3 is 2.17 bits per heavy atom. The first-order valence-electron chi connectivity index (χ1n) is 10.3. The van der Waals surface area contributed by atoms with Crippen molar-refractivity contribution in [2.45, 2.75) is 19.3 Å². The van der Waals surface area contributed by atoms with E-state index in [2.05, 4.69) is 10.2 Å². The van der Waals surface area contributed by atoms with Crippen LogP contribution in [-0.4, -0.2) is 91.4 Å². The van der Waals surface area contributed by atoms with Crippen LogP contribution in [0.2, 0.25) is 0 Å². The van der Waals surface area contributed by atoms with Crippen molar-refractivity contribution in [2.75, 3.05) is 59.0 Å². The van der Waals surface area contributed by atoms with Gasteiger partial charge in [-0.1, -0.05) is 18.2 Å². The van der Waals surface area contributed by atoms with Crippen LogP contribution in [0.3, 0.4) is 0 Å². The van der Waals surface area contributed by atoms with Crippen LogP contribution >= 0.6 is 0 Å². The summed E-state index contributed by atoms with van der Waals surface area (Å²) in [7, 11) is 0. The Morgan fingerprint density at radius 2 is 1.48 bits per heavy atom.